The van der Waals surface area contributed by atoms with E-state index in [4.69, 9.17) is 0 Å². The van der Waals surface area contributed by atoms with Crippen LogP contribution in [-0.4, -0.2) is 36.2 Å². The number of rotatable bonds is 6. The van der Waals surface area contributed by atoms with Crippen molar-refractivity contribution in [2.24, 2.45) is 5.92 Å². The molecular weight excluding hydrogens is 216 g/mol. The molecule has 0 heterocycles. The summed E-state index contributed by atoms with van der Waals surface area (Å²) in [6.07, 6.45) is 4.45. The average molecular weight is 242 g/mol. The average Bonchev–Trinajstić information content (AvgIpc) is 2.30. The van der Waals surface area contributed by atoms with Gasteiger partial charge in [-0.15, -0.1) is 0 Å². The van der Waals surface area contributed by atoms with Gasteiger partial charge in [-0.1, -0.05) is 6.92 Å². The summed E-state index contributed by atoms with van der Waals surface area (Å²) in [5.74, 6) is 0.815. The van der Waals surface area contributed by atoms with Crippen LogP contribution in [0.1, 0.15) is 46.0 Å². The van der Waals surface area contributed by atoms with Crippen LogP contribution in [0.3, 0.4) is 0 Å². The first-order valence-corrected chi connectivity index (χ1v) is 6.75. The minimum atomic E-state index is -0.548. The minimum absolute atomic E-state index is 0.0734. The molecule has 1 amide bonds. The molecule has 3 N–H and O–H groups in total. The zero-order valence-corrected chi connectivity index (χ0v) is 11.1. The number of amides is 1. The maximum atomic E-state index is 11.2. The third-order valence-corrected chi connectivity index (χ3v) is 3.56. The third kappa shape index (κ3) is 5.50. The van der Waals surface area contributed by atoms with Gasteiger partial charge < -0.3 is 15.7 Å². The molecule has 1 saturated carbocycles. The van der Waals surface area contributed by atoms with Crippen molar-refractivity contribution in [1.82, 2.24) is 10.6 Å². The molecule has 17 heavy (non-hydrogen) atoms. The van der Waals surface area contributed by atoms with Gasteiger partial charge in [0.05, 0.1) is 5.60 Å². The highest BCUT2D eigenvalue weighted by Crippen LogP contribution is 2.31. The molecule has 1 rings (SSSR count). The zero-order valence-electron chi connectivity index (χ0n) is 11.1. The van der Waals surface area contributed by atoms with Crippen molar-refractivity contribution in [2.45, 2.75) is 51.6 Å². The van der Waals surface area contributed by atoms with Gasteiger partial charge in [0.25, 0.3) is 0 Å². The topological polar surface area (TPSA) is 61.4 Å². The highest BCUT2D eigenvalue weighted by molar-refractivity contribution is 5.75. The summed E-state index contributed by atoms with van der Waals surface area (Å²) in [5.41, 5.74) is -0.548. The van der Waals surface area contributed by atoms with Crippen LogP contribution in [-0.2, 0) is 4.79 Å². The molecule has 1 aliphatic carbocycles. The predicted molar refractivity (Wildman–Crippen MR) is 68.8 cm³/mol. The van der Waals surface area contributed by atoms with Gasteiger partial charge in [0, 0.05) is 26.1 Å². The van der Waals surface area contributed by atoms with E-state index >= 15 is 0 Å². The fourth-order valence-corrected chi connectivity index (χ4v) is 2.28. The summed E-state index contributed by atoms with van der Waals surface area (Å²) >= 11 is 0. The Bertz CT molecular complexity index is 236. The maximum absolute atomic E-state index is 11.2. The van der Waals surface area contributed by atoms with Gasteiger partial charge in [-0.3, -0.25) is 4.79 Å². The molecule has 0 bridgehead atoms. The molecule has 0 atom stereocenters. The van der Waals surface area contributed by atoms with E-state index in [0.717, 1.165) is 31.6 Å². The first-order valence-electron chi connectivity index (χ1n) is 6.75. The molecule has 0 aliphatic heterocycles. The van der Waals surface area contributed by atoms with Gasteiger partial charge in [0.2, 0.25) is 5.91 Å². The highest BCUT2D eigenvalue weighted by Gasteiger charge is 2.31. The lowest BCUT2D eigenvalue weighted by Gasteiger charge is -2.35. The largest absolute Gasteiger partial charge is 0.389 e. The van der Waals surface area contributed by atoms with Crippen molar-refractivity contribution < 1.29 is 9.90 Å². The summed E-state index contributed by atoms with van der Waals surface area (Å²) < 4.78 is 0. The van der Waals surface area contributed by atoms with Gasteiger partial charge >= 0.3 is 0 Å². The Morgan fingerprint density at radius 3 is 2.65 bits per heavy atom. The standard InChI is InChI=1S/C13H26N2O2/c1-3-15-12(16)6-9-14-10-13(17)7-4-11(2)5-8-13/h11,14,17H,3-10H2,1-2H3,(H,15,16). The molecule has 0 saturated heterocycles. The molecule has 0 unspecified atom stereocenters. The Balaban J connectivity index is 2.11. The molecule has 0 aromatic rings. The predicted octanol–water partition coefficient (Wildman–Crippen LogP) is 1.04. The van der Waals surface area contributed by atoms with Crippen LogP contribution in [0, 0.1) is 5.92 Å². The van der Waals surface area contributed by atoms with Crippen LogP contribution in [0.2, 0.25) is 0 Å². The Labute approximate surface area is 104 Å². The molecular formula is C13H26N2O2. The van der Waals surface area contributed by atoms with Crippen LogP contribution < -0.4 is 10.6 Å². The monoisotopic (exact) mass is 242 g/mol. The van der Waals surface area contributed by atoms with Crippen LogP contribution in [0.5, 0.6) is 0 Å². The molecule has 0 radical (unpaired) electrons. The fourth-order valence-electron chi connectivity index (χ4n) is 2.28. The second-order valence-corrected chi connectivity index (χ2v) is 5.29. The summed E-state index contributed by atoms with van der Waals surface area (Å²) in [6, 6.07) is 0. The number of nitrogens with one attached hydrogen (secondary N) is 2. The second kappa shape index (κ2) is 6.97. The summed E-state index contributed by atoms with van der Waals surface area (Å²) in [7, 11) is 0. The van der Waals surface area contributed by atoms with Crippen molar-refractivity contribution in [2.75, 3.05) is 19.6 Å². The Kier molecular flexibility index (Phi) is 5.92. The van der Waals surface area contributed by atoms with E-state index in [1.54, 1.807) is 0 Å². The molecule has 0 aromatic heterocycles. The van der Waals surface area contributed by atoms with Crippen molar-refractivity contribution >= 4 is 5.91 Å². The van der Waals surface area contributed by atoms with Crippen molar-refractivity contribution in [3.8, 4) is 0 Å². The summed E-state index contributed by atoms with van der Waals surface area (Å²) in [4.78, 5) is 11.2. The van der Waals surface area contributed by atoms with Crippen LogP contribution in [0.25, 0.3) is 0 Å². The van der Waals surface area contributed by atoms with Gasteiger partial charge in [-0.05, 0) is 38.5 Å². The Morgan fingerprint density at radius 1 is 1.41 bits per heavy atom. The molecule has 1 aliphatic rings. The van der Waals surface area contributed by atoms with Crippen molar-refractivity contribution in [3.63, 3.8) is 0 Å². The number of aliphatic hydroxyl groups is 1. The lowest BCUT2D eigenvalue weighted by atomic mass is 9.79. The first-order chi connectivity index (χ1) is 8.06. The van der Waals surface area contributed by atoms with Gasteiger partial charge in [0.15, 0.2) is 0 Å². The summed E-state index contributed by atoms with van der Waals surface area (Å²) in [6.45, 7) is 6.09. The van der Waals surface area contributed by atoms with Crippen LogP contribution in [0.15, 0.2) is 0 Å². The Morgan fingerprint density at radius 2 is 2.06 bits per heavy atom. The molecule has 100 valence electrons. The normalized spacial score (nSPS) is 29.0. The number of hydrogen-bond donors (Lipinski definition) is 3. The van der Waals surface area contributed by atoms with E-state index in [0.29, 0.717) is 26.1 Å². The van der Waals surface area contributed by atoms with E-state index in [9.17, 15) is 9.90 Å². The van der Waals surface area contributed by atoms with E-state index in [-0.39, 0.29) is 5.91 Å². The van der Waals surface area contributed by atoms with E-state index in [1.165, 1.54) is 0 Å². The van der Waals surface area contributed by atoms with Crippen molar-refractivity contribution in [1.29, 1.82) is 0 Å². The maximum Gasteiger partial charge on any atom is 0.221 e. The van der Waals surface area contributed by atoms with E-state index in [2.05, 4.69) is 17.6 Å². The smallest absolute Gasteiger partial charge is 0.221 e. The van der Waals surface area contributed by atoms with Gasteiger partial charge in [0.1, 0.15) is 0 Å². The van der Waals surface area contributed by atoms with E-state index in [1.807, 2.05) is 6.92 Å². The third-order valence-electron chi connectivity index (χ3n) is 3.56. The molecule has 0 spiro atoms. The molecule has 0 aromatic carbocycles. The van der Waals surface area contributed by atoms with E-state index < -0.39 is 5.60 Å². The number of carbonyl (C=O) groups excluding carboxylic acids is 1. The molecule has 1 fully saturated rings. The quantitative estimate of drug-likeness (QED) is 0.610. The number of carbonyl (C=O) groups is 1. The number of hydrogen-bond acceptors (Lipinski definition) is 3. The minimum Gasteiger partial charge on any atom is -0.389 e. The Hall–Kier alpha value is -0.610. The summed E-state index contributed by atoms with van der Waals surface area (Å²) in [5, 5.41) is 16.2. The zero-order chi connectivity index (χ0) is 12.7. The SMILES string of the molecule is CCNC(=O)CCNCC1(O)CCC(C)CC1. The van der Waals surface area contributed by atoms with Crippen LogP contribution >= 0.6 is 0 Å². The van der Waals surface area contributed by atoms with Gasteiger partial charge in [-0.25, -0.2) is 0 Å². The second-order valence-electron chi connectivity index (χ2n) is 5.29. The molecule has 4 nitrogen and oxygen atoms in total. The highest BCUT2D eigenvalue weighted by atomic mass is 16.3. The van der Waals surface area contributed by atoms with Gasteiger partial charge in [-0.2, -0.15) is 0 Å². The lowest BCUT2D eigenvalue weighted by molar-refractivity contribution is -0.120. The lowest BCUT2D eigenvalue weighted by Crippen LogP contribution is -2.44. The molecule has 4 heteroatoms. The fraction of sp³-hybridized carbons (Fsp3) is 0.923. The van der Waals surface area contributed by atoms with Crippen LogP contribution in [0.4, 0.5) is 0 Å². The first kappa shape index (κ1) is 14.5. The van der Waals surface area contributed by atoms with Crippen molar-refractivity contribution in [3.05, 3.63) is 0 Å².